The molecular formula is C20H19NO2. The van der Waals surface area contributed by atoms with Gasteiger partial charge >= 0.3 is 0 Å². The van der Waals surface area contributed by atoms with E-state index in [9.17, 15) is 9.90 Å². The van der Waals surface area contributed by atoms with Crippen LogP contribution in [-0.4, -0.2) is 15.9 Å². The number of H-pyrrole nitrogens is 1. The molecule has 116 valence electrons. The van der Waals surface area contributed by atoms with Crippen molar-refractivity contribution in [1.29, 1.82) is 0 Å². The molecule has 0 fully saturated rings. The van der Waals surface area contributed by atoms with Crippen molar-refractivity contribution in [2.75, 3.05) is 0 Å². The number of hydrogen-bond acceptors (Lipinski definition) is 2. The van der Waals surface area contributed by atoms with Crippen LogP contribution < -0.4 is 0 Å². The average molecular weight is 305 g/mol. The quantitative estimate of drug-likeness (QED) is 0.724. The fourth-order valence-corrected chi connectivity index (χ4v) is 3.58. The largest absolute Gasteiger partial charge is 0.392 e. The number of aryl methyl sites for hydroxylation is 2. The topological polar surface area (TPSA) is 53.1 Å². The van der Waals surface area contributed by atoms with Gasteiger partial charge in [0.1, 0.15) is 0 Å². The first-order chi connectivity index (χ1) is 11.3. The van der Waals surface area contributed by atoms with Gasteiger partial charge in [-0.25, -0.2) is 0 Å². The number of rotatable bonds is 3. The Balaban J connectivity index is 1.81. The van der Waals surface area contributed by atoms with Gasteiger partial charge in [0.05, 0.1) is 6.61 Å². The van der Waals surface area contributed by atoms with Crippen LogP contribution in [0.3, 0.4) is 0 Å². The molecule has 3 aromatic rings. The zero-order chi connectivity index (χ0) is 15.8. The van der Waals surface area contributed by atoms with E-state index in [1.807, 2.05) is 30.3 Å². The minimum atomic E-state index is -0.121. The van der Waals surface area contributed by atoms with Crippen molar-refractivity contribution in [3.63, 3.8) is 0 Å². The Labute approximate surface area is 135 Å². The molecule has 0 saturated heterocycles. The molecule has 1 heterocycles. The highest BCUT2D eigenvalue weighted by Gasteiger charge is 2.18. The Morgan fingerprint density at radius 3 is 2.78 bits per heavy atom. The zero-order valence-corrected chi connectivity index (χ0v) is 12.9. The molecule has 0 aliphatic heterocycles. The van der Waals surface area contributed by atoms with E-state index in [2.05, 4.69) is 4.98 Å². The number of ketones is 1. The predicted octanol–water partition coefficient (Wildman–Crippen LogP) is 3.77. The Morgan fingerprint density at radius 1 is 1.09 bits per heavy atom. The number of aliphatic hydroxyl groups excluding tert-OH is 1. The van der Waals surface area contributed by atoms with Crippen molar-refractivity contribution < 1.29 is 9.90 Å². The monoisotopic (exact) mass is 305 g/mol. The van der Waals surface area contributed by atoms with E-state index < -0.39 is 0 Å². The summed E-state index contributed by atoms with van der Waals surface area (Å²) >= 11 is 0. The van der Waals surface area contributed by atoms with Gasteiger partial charge < -0.3 is 10.1 Å². The highest BCUT2D eigenvalue weighted by Crippen LogP contribution is 2.30. The molecule has 0 unspecified atom stereocenters. The molecule has 0 radical (unpaired) electrons. The molecule has 0 spiro atoms. The molecule has 1 aliphatic rings. The summed E-state index contributed by atoms with van der Waals surface area (Å²) in [5.41, 5.74) is 5.75. The summed E-state index contributed by atoms with van der Waals surface area (Å²) in [7, 11) is 0. The fraction of sp³-hybridized carbons (Fsp3) is 0.250. The summed E-state index contributed by atoms with van der Waals surface area (Å²) in [6.07, 6.45) is 4.63. The first-order valence-corrected chi connectivity index (χ1v) is 8.15. The summed E-state index contributed by atoms with van der Waals surface area (Å²) in [6, 6.07) is 13.1. The molecule has 4 rings (SSSR count). The molecule has 1 aromatic heterocycles. The Kier molecular flexibility index (Phi) is 3.50. The van der Waals surface area contributed by atoms with Crippen LogP contribution in [0.15, 0.2) is 42.5 Å². The number of aromatic amines is 1. The van der Waals surface area contributed by atoms with Gasteiger partial charge in [0, 0.05) is 27.7 Å². The number of carbonyl (C=O) groups excluding carboxylic acids is 1. The third-order valence-corrected chi connectivity index (χ3v) is 4.79. The van der Waals surface area contributed by atoms with Crippen molar-refractivity contribution in [1.82, 2.24) is 4.98 Å². The third-order valence-electron chi connectivity index (χ3n) is 4.79. The van der Waals surface area contributed by atoms with Crippen molar-refractivity contribution >= 4 is 16.7 Å². The second kappa shape index (κ2) is 5.67. The summed E-state index contributed by atoms with van der Waals surface area (Å²) in [5, 5.41) is 10.6. The second-order valence-electron chi connectivity index (χ2n) is 6.19. The van der Waals surface area contributed by atoms with E-state index in [0.717, 1.165) is 18.4 Å². The van der Waals surface area contributed by atoms with Crippen LogP contribution in [0.2, 0.25) is 0 Å². The van der Waals surface area contributed by atoms with E-state index >= 15 is 0 Å². The highest BCUT2D eigenvalue weighted by atomic mass is 16.3. The van der Waals surface area contributed by atoms with Crippen LogP contribution in [0.1, 0.15) is 45.6 Å². The average Bonchev–Trinajstić information content (AvgIpc) is 2.99. The smallest absolute Gasteiger partial charge is 0.193 e. The summed E-state index contributed by atoms with van der Waals surface area (Å²) in [5.74, 6) is -0.0256. The number of benzene rings is 2. The van der Waals surface area contributed by atoms with Gasteiger partial charge in [-0.05, 0) is 55.0 Å². The molecule has 2 aromatic carbocycles. The SMILES string of the molecule is O=C(c1ccc2[nH]c3c(c2c1)CCCC3)c1ccccc1CO. The highest BCUT2D eigenvalue weighted by molar-refractivity contribution is 6.11. The predicted molar refractivity (Wildman–Crippen MR) is 90.7 cm³/mol. The first-order valence-electron chi connectivity index (χ1n) is 8.15. The maximum Gasteiger partial charge on any atom is 0.193 e. The minimum Gasteiger partial charge on any atom is -0.392 e. The van der Waals surface area contributed by atoms with Crippen LogP contribution in [0.5, 0.6) is 0 Å². The second-order valence-corrected chi connectivity index (χ2v) is 6.19. The molecule has 0 saturated carbocycles. The van der Waals surface area contributed by atoms with Crippen LogP contribution in [0.4, 0.5) is 0 Å². The number of aliphatic hydroxyl groups is 1. The van der Waals surface area contributed by atoms with Crippen LogP contribution >= 0.6 is 0 Å². The lowest BCUT2D eigenvalue weighted by molar-refractivity contribution is 0.103. The van der Waals surface area contributed by atoms with Gasteiger partial charge in [-0.2, -0.15) is 0 Å². The van der Waals surface area contributed by atoms with Crippen molar-refractivity contribution in [2.45, 2.75) is 32.3 Å². The lowest BCUT2D eigenvalue weighted by Gasteiger charge is -2.11. The normalized spacial score (nSPS) is 14.0. The maximum atomic E-state index is 12.8. The van der Waals surface area contributed by atoms with Crippen molar-refractivity contribution in [3.05, 3.63) is 70.4 Å². The Hall–Kier alpha value is -2.39. The van der Waals surface area contributed by atoms with Gasteiger partial charge in [-0.1, -0.05) is 24.3 Å². The standard InChI is InChI=1S/C20H19NO2/c22-12-14-5-1-2-6-15(14)20(23)13-9-10-19-17(11-13)16-7-3-4-8-18(16)21-19/h1-2,5-6,9-11,21-22H,3-4,7-8,12H2. The van der Waals surface area contributed by atoms with Gasteiger partial charge in [0.2, 0.25) is 0 Å². The molecule has 3 heteroatoms. The first kappa shape index (κ1) is 14.2. The van der Waals surface area contributed by atoms with Crippen molar-refractivity contribution in [3.8, 4) is 0 Å². The molecular weight excluding hydrogens is 286 g/mol. The summed E-state index contributed by atoms with van der Waals surface area (Å²) < 4.78 is 0. The van der Waals surface area contributed by atoms with Crippen LogP contribution in [0, 0.1) is 0 Å². The van der Waals surface area contributed by atoms with Crippen LogP contribution in [-0.2, 0) is 19.4 Å². The van der Waals surface area contributed by atoms with Crippen LogP contribution in [0.25, 0.3) is 10.9 Å². The molecule has 0 atom stereocenters. The van der Waals surface area contributed by atoms with Gasteiger partial charge in [-0.15, -0.1) is 0 Å². The molecule has 23 heavy (non-hydrogen) atoms. The molecule has 0 bridgehead atoms. The van der Waals surface area contributed by atoms with Gasteiger partial charge in [0.25, 0.3) is 0 Å². The Morgan fingerprint density at radius 2 is 1.91 bits per heavy atom. The molecule has 2 N–H and O–H groups in total. The number of fused-ring (bicyclic) bond motifs is 3. The molecule has 3 nitrogen and oxygen atoms in total. The molecule has 0 amide bonds. The number of nitrogens with one attached hydrogen (secondary N) is 1. The van der Waals surface area contributed by atoms with E-state index in [4.69, 9.17) is 0 Å². The number of hydrogen-bond donors (Lipinski definition) is 2. The zero-order valence-electron chi connectivity index (χ0n) is 12.9. The van der Waals surface area contributed by atoms with Gasteiger partial charge in [0.15, 0.2) is 5.78 Å². The number of carbonyl (C=O) groups is 1. The Bertz CT molecular complexity index is 892. The fourth-order valence-electron chi connectivity index (χ4n) is 3.58. The van der Waals surface area contributed by atoms with E-state index in [1.54, 1.807) is 12.1 Å². The van der Waals surface area contributed by atoms with E-state index in [1.165, 1.54) is 29.5 Å². The summed E-state index contributed by atoms with van der Waals surface area (Å²) in [6.45, 7) is -0.121. The van der Waals surface area contributed by atoms with E-state index in [0.29, 0.717) is 16.7 Å². The minimum absolute atomic E-state index is 0.0256. The lowest BCUT2D eigenvalue weighted by Crippen LogP contribution is -2.05. The lowest BCUT2D eigenvalue weighted by atomic mass is 9.93. The third kappa shape index (κ3) is 2.37. The molecule has 1 aliphatic carbocycles. The maximum absolute atomic E-state index is 12.8. The summed E-state index contributed by atoms with van der Waals surface area (Å²) in [4.78, 5) is 16.3. The number of aromatic nitrogens is 1. The van der Waals surface area contributed by atoms with Gasteiger partial charge in [-0.3, -0.25) is 4.79 Å². The van der Waals surface area contributed by atoms with Crippen molar-refractivity contribution in [2.24, 2.45) is 0 Å². The van der Waals surface area contributed by atoms with E-state index in [-0.39, 0.29) is 12.4 Å².